The minimum absolute atomic E-state index is 1.01. The van der Waals surface area contributed by atoms with Crippen LogP contribution in [0.3, 0.4) is 0 Å². The van der Waals surface area contributed by atoms with Crippen LogP contribution < -0.4 is 0 Å². The normalized spacial score (nSPS) is 11.3. The maximum Gasteiger partial charge on any atom is 0.0759 e. The number of aromatic nitrogens is 2. The lowest BCUT2D eigenvalue weighted by molar-refractivity contribution is 1.23. The number of H-pyrrole nitrogens is 1. The van der Waals surface area contributed by atoms with Crippen molar-refractivity contribution in [3.63, 3.8) is 0 Å². The standard InChI is InChI=1S/C37H28N2/c1-24-20-25(2)36(33-18-11-17-32-31-16-9-10-19-34(31)38-37(32)33)39-35(24)30-22-28(26-12-5-3-6-13-26)21-29(23-30)27-14-7-4-8-15-27/h3-23,38H,1-2H3. The molecule has 0 saturated heterocycles. The van der Waals surface area contributed by atoms with Crippen molar-refractivity contribution in [3.8, 4) is 44.8 Å². The highest BCUT2D eigenvalue weighted by Gasteiger charge is 2.16. The highest BCUT2D eigenvalue weighted by atomic mass is 14.8. The molecule has 5 aromatic carbocycles. The van der Waals surface area contributed by atoms with Crippen LogP contribution in [0.2, 0.25) is 0 Å². The molecule has 2 heteroatoms. The Balaban J connectivity index is 1.46. The van der Waals surface area contributed by atoms with Crippen molar-refractivity contribution >= 4 is 21.8 Å². The van der Waals surface area contributed by atoms with Gasteiger partial charge in [-0.2, -0.15) is 0 Å². The first kappa shape index (κ1) is 23.2. The summed E-state index contributed by atoms with van der Waals surface area (Å²) in [5.74, 6) is 0. The summed E-state index contributed by atoms with van der Waals surface area (Å²) in [6, 6.07) is 45.3. The van der Waals surface area contributed by atoms with Gasteiger partial charge in [0, 0.05) is 27.4 Å². The third-order valence-electron chi connectivity index (χ3n) is 7.62. The molecule has 0 bridgehead atoms. The fourth-order valence-electron chi connectivity index (χ4n) is 5.74. The zero-order valence-electron chi connectivity index (χ0n) is 22.1. The van der Waals surface area contributed by atoms with Crippen LogP contribution in [0.25, 0.3) is 66.6 Å². The first-order valence-corrected chi connectivity index (χ1v) is 13.4. The minimum atomic E-state index is 1.01. The van der Waals surface area contributed by atoms with Gasteiger partial charge in [0.25, 0.3) is 0 Å². The number of aromatic amines is 1. The second-order valence-corrected chi connectivity index (χ2v) is 10.2. The van der Waals surface area contributed by atoms with Crippen LogP contribution in [-0.4, -0.2) is 9.97 Å². The van der Waals surface area contributed by atoms with E-state index in [1.165, 1.54) is 44.2 Å². The molecule has 0 unspecified atom stereocenters. The quantitative estimate of drug-likeness (QED) is 0.256. The molecule has 0 atom stereocenters. The largest absolute Gasteiger partial charge is 0.354 e. The van der Waals surface area contributed by atoms with Crippen molar-refractivity contribution in [2.24, 2.45) is 0 Å². The molecule has 0 aliphatic heterocycles. The molecule has 0 saturated carbocycles. The van der Waals surface area contributed by atoms with Crippen molar-refractivity contribution in [1.82, 2.24) is 9.97 Å². The van der Waals surface area contributed by atoms with Crippen molar-refractivity contribution in [1.29, 1.82) is 0 Å². The van der Waals surface area contributed by atoms with Gasteiger partial charge in [0.15, 0.2) is 0 Å². The van der Waals surface area contributed by atoms with E-state index >= 15 is 0 Å². The first-order valence-electron chi connectivity index (χ1n) is 13.4. The number of benzene rings is 5. The number of para-hydroxylation sites is 2. The number of nitrogens with one attached hydrogen (secondary N) is 1. The Hall–Kier alpha value is -4.95. The lowest BCUT2D eigenvalue weighted by Crippen LogP contribution is -1.97. The summed E-state index contributed by atoms with van der Waals surface area (Å²) < 4.78 is 0. The second kappa shape index (κ2) is 9.41. The summed E-state index contributed by atoms with van der Waals surface area (Å²) in [6.07, 6.45) is 0. The van der Waals surface area contributed by atoms with Gasteiger partial charge in [0.2, 0.25) is 0 Å². The van der Waals surface area contributed by atoms with Crippen molar-refractivity contribution < 1.29 is 0 Å². The Kier molecular flexibility index (Phi) is 5.60. The smallest absolute Gasteiger partial charge is 0.0759 e. The molecule has 2 nitrogen and oxygen atoms in total. The van der Waals surface area contributed by atoms with Gasteiger partial charge in [-0.15, -0.1) is 0 Å². The predicted octanol–water partition coefficient (Wildman–Crippen LogP) is 10.0. The fraction of sp³-hybridized carbons (Fsp3) is 0.0541. The van der Waals surface area contributed by atoms with E-state index in [0.29, 0.717) is 0 Å². The molecule has 2 aromatic heterocycles. The van der Waals surface area contributed by atoms with E-state index < -0.39 is 0 Å². The molecular weight excluding hydrogens is 472 g/mol. The number of hydrogen-bond donors (Lipinski definition) is 1. The summed E-state index contributed by atoms with van der Waals surface area (Å²) in [7, 11) is 0. The van der Waals surface area contributed by atoms with Gasteiger partial charge in [0.1, 0.15) is 0 Å². The van der Waals surface area contributed by atoms with Crippen LogP contribution in [0.1, 0.15) is 11.1 Å². The molecule has 0 aliphatic carbocycles. The third-order valence-corrected chi connectivity index (χ3v) is 7.62. The van der Waals surface area contributed by atoms with Gasteiger partial charge < -0.3 is 4.98 Å². The molecule has 1 N–H and O–H groups in total. The molecule has 186 valence electrons. The lowest BCUT2D eigenvalue weighted by Gasteiger charge is -2.15. The van der Waals surface area contributed by atoms with Crippen molar-refractivity contribution in [3.05, 3.63) is 139 Å². The van der Waals surface area contributed by atoms with Crippen LogP contribution >= 0.6 is 0 Å². The average molecular weight is 501 g/mol. The van der Waals surface area contributed by atoms with Crippen LogP contribution in [-0.2, 0) is 0 Å². The molecule has 7 aromatic rings. The van der Waals surface area contributed by atoms with Gasteiger partial charge in [-0.3, -0.25) is 0 Å². The summed E-state index contributed by atoms with van der Waals surface area (Å²) in [5, 5.41) is 2.46. The Bertz CT molecular complexity index is 1910. The van der Waals surface area contributed by atoms with Crippen molar-refractivity contribution in [2.75, 3.05) is 0 Å². The SMILES string of the molecule is Cc1cc(C)c(-c2cccc3c2[nH]c2ccccc23)nc1-c1cc(-c2ccccc2)cc(-c2ccccc2)c1. The van der Waals surface area contributed by atoms with E-state index in [1.807, 2.05) is 0 Å². The summed E-state index contributed by atoms with van der Waals surface area (Å²) in [5.41, 5.74) is 13.7. The van der Waals surface area contributed by atoms with Gasteiger partial charge >= 0.3 is 0 Å². The summed E-state index contributed by atoms with van der Waals surface area (Å²) in [6.45, 7) is 4.33. The number of nitrogens with zero attached hydrogens (tertiary/aromatic N) is 1. The van der Waals surface area contributed by atoms with Gasteiger partial charge in [-0.25, -0.2) is 4.98 Å². The Morgan fingerprint density at radius 1 is 0.462 bits per heavy atom. The van der Waals surface area contributed by atoms with E-state index in [0.717, 1.165) is 33.5 Å². The van der Waals surface area contributed by atoms with Crippen LogP contribution in [0.5, 0.6) is 0 Å². The van der Waals surface area contributed by atoms with Crippen molar-refractivity contribution in [2.45, 2.75) is 13.8 Å². The monoisotopic (exact) mass is 500 g/mol. The van der Waals surface area contributed by atoms with Crippen LogP contribution in [0.4, 0.5) is 0 Å². The Labute approximate surface area is 228 Å². The van der Waals surface area contributed by atoms with Gasteiger partial charge in [0.05, 0.1) is 16.9 Å². The lowest BCUT2D eigenvalue weighted by atomic mass is 9.93. The highest BCUT2D eigenvalue weighted by molar-refractivity contribution is 6.11. The predicted molar refractivity (Wildman–Crippen MR) is 165 cm³/mol. The number of hydrogen-bond acceptors (Lipinski definition) is 1. The molecule has 0 spiro atoms. The zero-order chi connectivity index (χ0) is 26.3. The summed E-state index contributed by atoms with van der Waals surface area (Å²) >= 11 is 0. The van der Waals surface area contributed by atoms with E-state index in [2.05, 4.69) is 146 Å². The van der Waals surface area contributed by atoms with Gasteiger partial charge in [-0.05, 0) is 71.5 Å². The third kappa shape index (κ3) is 4.11. The maximum atomic E-state index is 5.38. The molecule has 0 amide bonds. The molecule has 0 aliphatic rings. The van der Waals surface area contributed by atoms with Crippen LogP contribution in [0, 0.1) is 13.8 Å². The molecule has 0 radical (unpaired) electrons. The first-order chi connectivity index (χ1) is 19.2. The van der Waals surface area contributed by atoms with E-state index in [4.69, 9.17) is 4.98 Å². The van der Waals surface area contributed by atoms with Gasteiger partial charge in [-0.1, -0.05) is 103 Å². The summed E-state index contributed by atoms with van der Waals surface area (Å²) in [4.78, 5) is 9.05. The van der Waals surface area contributed by atoms with Crippen LogP contribution in [0.15, 0.2) is 127 Å². The molecular formula is C37H28N2. The average Bonchev–Trinajstić information content (AvgIpc) is 3.37. The Morgan fingerprint density at radius 2 is 1.03 bits per heavy atom. The number of fused-ring (bicyclic) bond motifs is 3. The van der Waals surface area contributed by atoms with E-state index in [-0.39, 0.29) is 0 Å². The zero-order valence-corrected chi connectivity index (χ0v) is 22.1. The highest BCUT2D eigenvalue weighted by Crippen LogP contribution is 2.38. The maximum absolute atomic E-state index is 5.38. The number of pyridine rings is 1. The fourth-order valence-corrected chi connectivity index (χ4v) is 5.74. The van der Waals surface area contributed by atoms with E-state index in [9.17, 15) is 0 Å². The minimum Gasteiger partial charge on any atom is -0.354 e. The second-order valence-electron chi connectivity index (χ2n) is 10.2. The van der Waals surface area contributed by atoms with E-state index in [1.54, 1.807) is 0 Å². The number of rotatable bonds is 4. The molecule has 7 rings (SSSR count). The molecule has 39 heavy (non-hydrogen) atoms. The Morgan fingerprint density at radius 3 is 1.72 bits per heavy atom. The number of aryl methyl sites for hydroxylation is 2. The molecule has 2 heterocycles. The topological polar surface area (TPSA) is 28.7 Å². The molecule has 0 fully saturated rings.